The second kappa shape index (κ2) is 6.58. The van der Waals surface area contributed by atoms with Gasteiger partial charge in [-0.2, -0.15) is 0 Å². The number of rotatable bonds is 4. The highest BCUT2D eigenvalue weighted by molar-refractivity contribution is 6.23. The van der Waals surface area contributed by atoms with Crippen LogP contribution in [-0.2, 0) is 9.59 Å². The Morgan fingerprint density at radius 1 is 1.00 bits per heavy atom. The molecule has 1 heterocycles. The topological polar surface area (TPSA) is 75.7 Å². The Labute approximate surface area is 168 Å². The van der Waals surface area contributed by atoms with Crippen LogP contribution in [0.3, 0.4) is 0 Å². The number of fused-ring (bicyclic) bond motifs is 5. The molecular formula is C23H20N2O4. The summed E-state index contributed by atoms with van der Waals surface area (Å²) in [6, 6.07) is 13.7. The summed E-state index contributed by atoms with van der Waals surface area (Å²) in [5, 5.41) is 2.82. The maximum atomic E-state index is 12.9. The van der Waals surface area contributed by atoms with Gasteiger partial charge < -0.3 is 10.1 Å². The molecule has 4 atom stereocenters. The smallest absolute Gasteiger partial charge is 0.255 e. The molecule has 2 bridgehead atoms. The fourth-order valence-electron chi connectivity index (χ4n) is 4.82. The molecule has 29 heavy (non-hydrogen) atoms. The maximum Gasteiger partial charge on any atom is 0.255 e. The second-order valence-corrected chi connectivity index (χ2v) is 7.74. The lowest BCUT2D eigenvalue weighted by molar-refractivity contribution is -0.123. The molecule has 0 spiro atoms. The molecule has 2 aromatic rings. The molecule has 5 rings (SSSR count). The van der Waals surface area contributed by atoms with E-state index in [1.54, 1.807) is 55.6 Å². The first-order chi connectivity index (χ1) is 14.1. The molecule has 1 saturated carbocycles. The molecule has 2 fully saturated rings. The molecule has 3 amide bonds. The highest BCUT2D eigenvalue weighted by atomic mass is 16.5. The quantitative estimate of drug-likeness (QED) is 0.644. The number of anilines is 2. The predicted octanol–water partition coefficient (Wildman–Crippen LogP) is 3.26. The molecule has 146 valence electrons. The van der Waals surface area contributed by atoms with Gasteiger partial charge in [-0.05, 0) is 54.7 Å². The summed E-state index contributed by atoms with van der Waals surface area (Å²) in [5.41, 5.74) is 1.59. The van der Waals surface area contributed by atoms with Crippen molar-refractivity contribution in [2.45, 2.75) is 6.42 Å². The number of benzene rings is 2. The van der Waals surface area contributed by atoms with Crippen molar-refractivity contribution in [1.82, 2.24) is 0 Å². The van der Waals surface area contributed by atoms with Crippen LogP contribution in [0.15, 0.2) is 60.7 Å². The molecule has 1 saturated heterocycles. The standard InChI is InChI=1S/C23H20N2O4/c1-29-18-4-2-3-16(12-18)24-21(26)13-7-9-17(10-8-13)25-22(27)19-14-5-6-15(11-14)20(19)23(25)28/h2-10,12,14-15,19-20H,11H2,1H3,(H,24,26)/t14-,15-,19-,20-/m0/s1. The zero-order valence-electron chi connectivity index (χ0n) is 15.9. The number of hydrogen-bond acceptors (Lipinski definition) is 4. The highest BCUT2D eigenvalue weighted by Gasteiger charge is 2.59. The summed E-state index contributed by atoms with van der Waals surface area (Å²) in [5.74, 6) is 0.0397. The SMILES string of the molecule is COc1cccc(NC(=O)c2ccc(N3C(=O)[C@@H]4[C@@H](C3=O)[C@H]3C=C[C@H]4C3)cc2)c1. The molecule has 0 unspecified atom stereocenters. The molecule has 1 aliphatic heterocycles. The third-order valence-corrected chi connectivity index (χ3v) is 6.19. The minimum atomic E-state index is -0.275. The first-order valence-corrected chi connectivity index (χ1v) is 9.68. The van der Waals surface area contributed by atoms with E-state index in [0.717, 1.165) is 6.42 Å². The van der Waals surface area contributed by atoms with E-state index in [0.29, 0.717) is 22.7 Å². The largest absolute Gasteiger partial charge is 0.497 e. The minimum Gasteiger partial charge on any atom is -0.497 e. The van der Waals surface area contributed by atoms with E-state index in [1.807, 2.05) is 0 Å². The molecule has 6 nitrogen and oxygen atoms in total. The van der Waals surface area contributed by atoms with Crippen molar-refractivity contribution in [2.75, 3.05) is 17.3 Å². The predicted molar refractivity (Wildman–Crippen MR) is 108 cm³/mol. The van der Waals surface area contributed by atoms with Crippen molar-refractivity contribution in [3.63, 3.8) is 0 Å². The molecule has 2 aromatic carbocycles. The van der Waals surface area contributed by atoms with E-state index in [1.165, 1.54) is 4.90 Å². The van der Waals surface area contributed by atoms with Crippen LogP contribution in [0.2, 0.25) is 0 Å². The van der Waals surface area contributed by atoms with Gasteiger partial charge in [0.05, 0.1) is 24.6 Å². The van der Waals surface area contributed by atoms with Crippen LogP contribution < -0.4 is 15.0 Å². The van der Waals surface area contributed by atoms with E-state index >= 15 is 0 Å². The van der Waals surface area contributed by atoms with E-state index in [4.69, 9.17) is 4.74 Å². The Morgan fingerprint density at radius 3 is 2.28 bits per heavy atom. The summed E-state index contributed by atoms with van der Waals surface area (Å²) in [7, 11) is 1.57. The van der Waals surface area contributed by atoms with Gasteiger partial charge in [0, 0.05) is 17.3 Å². The van der Waals surface area contributed by atoms with Gasteiger partial charge in [-0.15, -0.1) is 0 Å². The Kier molecular flexibility index (Phi) is 4.01. The monoisotopic (exact) mass is 388 g/mol. The number of ether oxygens (including phenoxy) is 1. The molecule has 1 N–H and O–H groups in total. The van der Waals surface area contributed by atoms with Crippen LogP contribution in [0.5, 0.6) is 5.75 Å². The van der Waals surface area contributed by atoms with Crippen LogP contribution in [0.25, 0.3) is 0 Å². The first-order valence-electron chi connectivity index (χ1n) is 9.68. The second-order valence-electron chi connectivity index (χ2n) is 7.74. The van der Waals surface area contributed by atoms with Gasteiger partial charge in [-0.3, -0.25) is 19.3 Å². The first kappa shape index (κ1) is 17.7. The summed E-state index contributed by atoms with van der Waals surface area (Å²) < 4.78 is 5.16. The normalized spacial score (nSPS) is 26.7. The van der Waals surface area contributed by atoms with Crippen molar-refractivity contribution >= 4 is 29.1 Å². The third-order valence-electron chi connectivity index (χ3n) is 6.19. The van der Waals surface area contributed by atoms with Gasteiger partial charge in [0.2, 0.25) is 11.8 Å². The number of allylic oxidation sites excluding steroid dienone is 2. The van der Waals surface area contributed by atoms with Gasteiger partial charge >= 0.3 is 0 Å². The lowest BCUT2D eigenvalue weighted by Crippen LogP contribution is -2.32. The molecule has 6 heteroatoms. The van der Waals surface area contributed by atoms with Crippen molar-refractivity contribution in [1.29, 1.82) is 0 Å². The van der Waals surface area contributed by atoms with E-state index in [-0.39, 0.29) is 41.4 Å². The number of methoxy groups -OCH3 is 1. The molecule has 2 aliphatic carbocycles. The van der Waals surface area contributed by atoms with E-state index in [9.17, 15) is 14.4 Å². The van der Waals surface area contributed by atoms with Crippen LogP contribution in [-0.4, -0.2) is 24.8 Å². The Morgan fingerprint density at radius 2 is 1.66 bits per heavy atom. The van der Waals surface area contributed by atoms with Crippen LogP contribution >= 0.6 is 0 Å². The number of carbonyl (C=O) groups is 3. The Bertz CT molecular complexity index is 1010. The molecular weight excluding hydrogens is 368 g/mol. The van der Waals surface area contributed by atoms with Crippen molar-refractivity contribution < 1.29 is 19.1 Å². The molecule has 0 radical (unpaired) electrons. The lowest BCUT2D eigenvalue weighted by atomic mass is 9.85. The molecule has 3 aliphatic rings. The fourth-order valence-corrected chi connectivity index (χ4v) is 4.82. The zero-order valence-corrected chi connectivity index (χ0v) is 15.9. The van der Waals surface area contributed by atoms with Crippen LogP contribution in [0, 0.1) is 23.7 Å². The zero-order chi connectivity index (χ0) is 20.1. The summed E-state index contributed by atoms with van der Waals surface area (Å²) in [6.07, 6.45) is 5.06. The van der Waals surface area contributed by atoms with Gasteiger partial charge in [0.25, 0.3) is 5.91 Å². The van der Waals surface area contributed by atoms with Gasteiger partial charge in [-0.1, -0.05) is 18.2 Å². The van der Waals surface area contributed by atoms with Crippen molar-refractivity contribution in [3.8, 4) is 5.75 Å². The van der Waals surface area contributed by atoms with Gasteiger partial charge in [-0.25, -0.2) is 0 Å². The van der Waals surface area contributed by atoms with Crippen LogP contribution in [0.4, 0.5) is 11.4 Å². The fraction of sp³-hybridized carbons (Fsp3) is 0.261. The summed E-state index contributed by atoms with van der Waals surface area (Å²) in [4.78, 5) is 39.6. The van der Waals surface area contributed by atoms with Crippen molar-refractivity contribution in [2.24, 2.45) is 23.7 Å². The lowest BCUT2D eigenvalue weighted by Gasteiger charge is -2.17. The summed E-state index contributed by atoms with van der Waals surface area (Å²) in [6.45, 7) is 0. The number of carbonyl (C=O) groups excluding carboxylic acids is 3. The van der Waals surface area contributed by atoms with Gasteiger partial charge in [0.1, 0.15) is 5.75 Å². The third kappa shape index (κ3) is 2.75. The maximum absolute atomic E-state index is 12.9. The Balaban J connectivity index is 1.33. The number of amides is 3. The van der Waals surface area contributed by atoms with E-state index in [2.05, 4.69) is 17.5 Å². The Hall–Kier alpha value is -3.41. The highest BCUT2D eigenvalue weighted by Crippen LogP contribution is 2.53. The number of nitrogens with zero attached hydrogens (tertiary/aromatic N) is 1. The average molecular weight is 388 g/mol. The number of nitrogens with one attached hydrogen (secondary N) is 1. The van der Waals surface area contributed by atoms with Crippen molar-refractivity contribution in [3.05, 3.63) is 66.2 Å². The average Bonchev–Trinajstić information content (AvgIpc) is 3.42. The number of imide groups is 1. The van der Waals surface area contributed by atoms with Crippen LogP contribution in [0.1, 0.15) is 16.8 Å². The molecule has 0 aromatic heterocycles. The van der Waals surface area contributed by atoms with Gasteiger partial charge in [0.15, 0.2) is 0 Å². The minimum absolute atomic E-state index is 0.120. The summed E-state index contributed by atoms with van der Waals surface area (Å²) >= 11 is 0. The van der Waals surface area contributed by atoms with E-state index < -0.39 is 0 Å². The number of hydrogen-bond donors (Lipinski definition) is 1.